The molecule has 1 N–H and O–H groups in total. The van der Waals surface area contributed by atoms with Crippen molar-refractivity contribution < 1.29 is 14.2 Å². The molecule has 1 heterocycles. The Labute approximate surface area is 180 Å². The molecule has 1 aliphatic heterocycles. The van der Waals surface area contributed by atoms with Crippen LogP contribution in [0.5, 0.6) is 11.5 Å². The molecule has 0 atom stereocenters. The van der Waals surface area contributed by atoms with E-state index in [0.29, 0.717) is 19.3 Å². The summed E-state index contributed by atoms with van der Waals surface area (Å²) in [6.07, 6.45) is 2.49. The average molecular weight is 491 g/mol. The first-order chi connectivity index (χ1) is 12.7. The van der Waals surface area contributed by atoms with E-state index in [-0.39, 0.29) is 24.0 Å². The van der Waals surface area contributed by atoms with Gasteiger partial charge in [-0.2, -0.15) is 0 Å². The predicted octanol–water partition coefficient (Wildman–Crippen LogP) is 3.68. The van der Waals surface area contributed by atoms with Crippen LogP contribution in [0.3, 0.4) is 0 Å². The number of benzene rings is 1. The third-order valence-corrected chi connectivity index (χ3v) is 4.42. The molecule has 0 aromatic heterocycles. The Bertz CT molecular complexity index is 576. The first-order valence-corrected chi connectivity index (χ1v) is 9.66. The van der Waals surface area contributed by atoms with Crippen LogP contribution in [0.4, 0.5) is 0 Å². The molecule has 0 radical (unpaired) electrons. The van der Waals surface area contributed by atoms with Crippen LogP contribution in [-0.2, 0) is 11.3 Å². The van der Waals surface area contributed by atoms with Crippen LogP contribution in [0.2, 0.25) is 0 Å². The van der Waals surface area contributed by atoms with E-state index in [1.807, 2.05) is 25.1 Å². The number of halogens is 1. The highest BCUT2D eigenvalue weighted by Crippen LogP contribution is 2.28. The second kappa shape index (κ2) is 13.0. The zero-order valence-corrected chi connectivity index (χ0v) is 19.3. The van der Waals surface area contributed by atoms with E-state index in [1.165, 1.54) is 0 Å². The van der Waals surface area contributed by atoms with E-state index in [1.54, 1.807) is 7.11 Å². The molecule has 1 aromatic carbocycles. The summed E-state index contributed by atoms with van der Waals surface area (Å²) in [5.41, 5.74) is 1.10. The largest absolute Gasteiger partial charge is 0.493 e. The minimum absolute atomic E-state index is 0. The molecular formula is C20H34IN3O3. The van der Waals surface area contributed by atoms with E-state index < -0.39 is 0 Å². The molecule has 2 rings (SSSR count). The van der Waals surface area contributed by atoms with Crippen molar-refractivity contribution in [2.75, 3.05) is 40.0 Å². The lowest BCUT2D eigenvalue weighted by Gasteiger charge is -2.34. The molecule has 27 heavy (non-hydrogen) atoms. The molecule has 1 fully saturated rings. The van der Waals surface area contributed by atoms with Crippen LogP contribution < -0.4 is 14.8 Å². The first-order valence-electron chi connectivity index (χ1n) is 9.66. The molecule has 154 valence electrons. The lowest BCUT2D eigenvalue weighted by molar-refractivity contribution is 0.0263. The first kappa shape index (κ1) is 23.8. The molecule has 6 nitrogen and oxygen atoms in total. The summed E-state index contributed by atoms with van der Waals surface area (Å²) >= 11 is 0. The highest BCUT2D eigenvalue weighted by atomic mass is 127. The maximum Gasteiger partial charge on any atom is 0.194 e. The van der Waals surface area contributed by atoms with E-state index in [2.05, 4.69) is 24.1 Å². The van der Waals surface area contributed by atoms with E-state index >= 15 is 0 Å². The Morgan fingerprint density at radius 2 is 1.89 bits per heavy atom. The zero-order chi connectivity index (χ0) is 18.8. The van der Waals surface area contributed by atoms with Crippen LogP contribution in [0.1, 0.15) is 39.2 Å². The van der Waals surface area contributed by atoms with Crippen molar-refractivity contribution in [2.24, 2.45) is 4.99 Å². The van der Waals surface area contributed by atoms with E-state index in [0.717, 1.165) is 62.1 Å². The quantitative estimate of drug-likeness (QED) is 0.342. The fourth-order valence-corrected chi connectivity index (χ4v) is 3.15. The Hall–Kier alpha value is -1.22. The topological polar surface area (TPSA) is 55.3 Å². The summed E-state index contributed by atoms with van der Waals surface area (Å²) in [5.74, 6) is 2.49. The van der Waals surface area contributed by atoms with Crippen LogP contribution in [0, 0.1) is 0 Å². The third-order valence-electron chi connectivity index (χ3n) is 4.42. The molecule has 0 bridgehead atoms. The van der Waals surface area contributed by atoms with Crippen molar-refractivity contribution in [1.29, 1.82) is 0 Å². The van der Waals surface area contributed by atoms with Crippen molar-refractivity contribution in [3.05, 3.63) is 23.8 Å². The second-order valence-electron chi connectivity index (χ2n) is 6.23. The van der Waals surface area contributed by atoms with Gasteiger partial charge in [0.15, 0.2) is 17.5 Å². The van der Waals surface area contributed by atoms with Gasteiger partial charge in [0.25, 0.3) is 0 Å². The number of hydrogen-bond donors (Lipinski definition) is 1. The SMILES string of the molecule is CCNC(=NCc1ccc(OCC)c(OC)c1)N1CCC(OCC)CC1.I. The maximum atomic E-state index is 5.74. The Kier molecular flexibility index (Phi) is 11.5. The number of aliphatic imine (C=N–C) groups is 1. The van der Waals surface area contributed by atoms with E-state index in [9.17, 15) is 0 Å². The van der Waals surface area contributed by atoms with Crippen molar-refractivity contribution in [2.45, 2.75) is 46.3 Å². The number of likely N-dealkylation sites (tertiary alicyclic amines) is 1. The lowest BCUT2D eigenvalue weighted by atomic mass is 10.1. The van der Waals surface area contributed by atoms with Gasteiger partial charge in [0.1, 0.15) is 0 Å². The van der Waals surface area contributed by atoms with E-state index in [4.69, 9.17) is 19.2 Å². The van der Waals surface area contributed by atoms with Gasteiger partial charge >= 0.3 is 0 Å². The van der Waals surface area contributed by atoms with Gasteiger partial charge in [-0.25, -0.2) is 4.99 Å². The number of methoxy groups -OCH3 is 1. The third kappa shape index (κ3) is 7.37. The number of guanidine groups is 1. The smallest absolute Gasteiger partial charge is 0.194 e. The zero-order valence-electron chi connectivity index (χ0n) is 17.0. The monoisotopic (exact) mass is 491 g/mol. The Morgan fingerprint density at radius 3 is 2.48 bits per heavy atom. The summed E-state index contributed by atoms with van der Waals surface area (Å²) in [6, 6.07) is 6.00. The average Bonchev–Trinajstić information content (AvgIpc) is 2.67. The molecule has 0 saturated carbocycles. The number of ether oxygens (including phenoxy) is 3. The summed E-state index contributed by atoms with van der Waals surface area (Å²) in [7, 11) is 1.66. The molecule has 1 aliphatic rings. The van der Waals surface area contributed by atoms with Crippen LogP contribution in [0.15, 0.2) is 23.2 Å². The fraction of sp³-hybridized carbons (Fsp3) is 0.650. The number of rotatable bonds is 8. The molecule has 0 unspecified atom stereocenters. The highest BCUT2D eigenvalue weighted by Gasteiger charge is 2.21. The standard InChI is InChI=1S/C20H33N3O3.HI/c1-5-21-20(23-12-10-17(11-13-23)25-6-2)22-15-16-8-9-18(26-7-3)19(14-16)24-4;/h8-9,14,17H,5-7,10-13,15H2,1-4H3,(H,21,22);1H. The van der Waals surface area contributed by atoms with Gasteiger partial charge in [0.2, 0.25) is 0 Å². The second-order valence-corrected chi connectivity index (χ2v) is 6.23. The number of nitrogens with one attached hydrogen (secondary N) is 1. The molecule has 7 heteroatoms. The van der Waals surface area contributed by atoms with Gasteiger partial charge in [-0.1, -0.05) is 6.07 Å². The van der Waals surface area contributed by atoms with Gasteiger partial charge in [0, 0.05) is 26.2 Å². The summed E-state index contributed by atoms with van der Waals surface area (Å²) in [6.45, 7) is 11.0. The minimum atomic E-state index is 0. The van der Waals surface area contributed by atoms with Crippen molar-refractivity contribution in [3.8, 4) is 11.5 Å². The predicted molar refractivity (Wildman–Crippen MR) is 121 cm³/mol. The van der Waals surface area contributed by atoms with Gasteiger partial charge in [-0.3, -0.25) is 0 Å². The number of hydrogen-bond acceptors (Lipinski definition) is 4. The maximum absolute atomic E-state index is 5.74. The Morgan fingerprint density at radius 1 is 1.15 bits per heavy atom. The molecule has 0 spiro atoms. The van der Waals surface area contributed by atoms with Gasteiger partial charge in [0.05, 0.1) is 26.4 Å². The Balaban J connectivity index is 0.00000364. The summed E-state index contributed by atoms with van der Waals surface area (Å²) in [4.78, 5) is 7.15. The molecular weight excluding hydrogens is 457 g/mol. The normalized spacial score (nSPS) is 15.3. The van der Waals surface area contributed by atoms with Crippen LogP contribution >= 0.6 is 24.0 Å². The van der Waals surface area contributed by atoms with Crippen molar-refractivity contribution in [1.82, 2.24) is 10.2 Å². The van der Waals surface area contributed by atoms with Crippen molar-refractivity contribution in [3.63, 3.8) is 0 Å². The van der Waals surface area contributed by atoms with Gasteiger partial charge in [-0.15, -0.1) is 24.0 Å². The molecule has 0 aliphatic carbocycles. The van der Waals surface area contributed by atoms with Gasteiger partial charge in [-0.05, 0) is 51.3 Å². The lowest BCUT2D eigenvalue weighted by Crippen LogP contribution is -2.47. The fourth-order valence-electron chi connectivity index (χ4n) is 3.15. The molecule has 1 saturated heterocycles. The summed E-state index contributed by atoms with van der Waals surface area (Å²) < 4.78 is 16.8. The van der Waals surface area contributed by atoms with Gasteiger partial charge < -0.3 is 24.4 Å². The number of piperidine rings is 1. The molecule has 0 amide bonds. The van der Waals surface area contributed by atoms with Crippen LogP contribution in [0.25, 0.3) is 0 Å². The number of nitrogens with zero attached hydrogens (tertiary/aromatic N) is 2. The van der Waals surface area contributed by atoms with Crippen LogP contribution in [-0.4, -0.2) is 56.9 Å². The summed E-state index contributed by atoms with van der Waals surface area (Å²) in [5, 5.41) is 3.41. The molecule has 1 aromatic rings. The highest BCUT2D eigenvalue weighted by molar-refractivity contribution is 14.0. The minimum Gasteiger partial charge on any atom is -0.493 e. The van der Waals surface area contributed by atoms with Crippen molar-refractivity contribution >= 4 is 29.9 Å².